The number of fused-ring (bicyclic) bond motifs is 1. The Labute approximate surface area is 152 Å². The second-order valence-electron chi connectivity index (χ2n) is 5.32. The first kappa shape index (κ1) is 15.9. The number of nitrogens with zero attached hydrogens (tertiary/aromatic N) is 3. The minimum Gasteiger partial charge on any atom is -0.457 e. The van der Waals surface area contributed by atoms with Gasteiger partial charge >= 0.3 is 0 Å². The first-order chi connectivity index (χ1) is 12.0. The van der Waals surface area contributed by atoms with Crippen LogP contribution in [-0.4, -0.2) is 27.0 Å². The van der Waals surface area contributed by atoms with Gasteiger partial charge in [0, 0.05) is 5.56 Å². The Morgan fingerprint density at radius 2 is 2.08 bits per heavy atom. The van der Waals surface area contributed by atoms with E-state index in [1.54, 1.807) is 25.1 Å². The van der Waals surface area contributed by atoms with Crippen LogP contribution < -0.4 is 0 Å². The van der Waals surface area contributed by atoms with E-state index in [0.717, 1.165) is 10.6 Å². The molecule has 1 aromatic carbocycles. The number of carbonyl (C=O) groups excluding carboxylic acids is 1. The lowest BCUT2D eigenvalue weighted by molar-refractivity contribution is -0.114. The van der Waals surface area contributed by atoms with Crippen LogP contribution in [0.25, 0.3) is 17.4 Å². The van der Waals surface area contributed by atoms with Crippen LogP contribution in [0.1, 0.15) is 12.7 Å². The Morgan fingerprint density at radius 1 is 1.28 bits per heavy atom. The maximum absolute atomic E-state index is 12.2. The third-order valence-electron chi connectivity index (χ3n) is 3.61. The van der Waals surface area contributed by atoms with Gasteiger partial charge in [-0.1, -0.05) is 23.7 Å². The molecule has 124 valence electrons. The van der Waals surface area contributed by atoms with Crippen LogP contribution in [0.3, 0.4) is 0 Å². The zero-order chi connectivity index (χ0) is 17.6. The molecule has 0 fully saturated rings. The number of hydrogen-bond donors (Lipinski definition) is 1. The summed E-state index contributed by atoms with van der Waals surface area (Å²) in [4.78, 5) is 16.2. The molecule has 4 rings (SSSR count). The van der Waals surface area contributed by atoms with Crippen molar-refractivity contribution in [3.05, 3.63) is 52.8 Å². The normalized spacial score (nSPS) is 18.5. The SMILES string of the molecule is CC1=NN2C(=N)C(=Cc3ccc(-c4ccccc4Cl)o3)C(=O)N=C2S1. The van der Waals surface area contributed by atoms with Crippen molar-refractivity contribution < 1.29 is 9.21 Å². The highest BCUT2D eigenvalue weighted by atomic mass is 35.5. The standard InChI is InChI=1S/C17H11ClN4O2S/c1-9-21-22-15(19)12(16(23)20-17(22)25-9)8-10-6-7-14(24-10)11-4-2-3-5-13(11)18/h2-8,19H,1H3. The van der Waals surface area contributed by atoms with Crippen LogP contribution in [0, 0.1) is 5.41 Å². The van der Waals surface area contributed by atoms with Gasteiger partial charge in [-0.2, -0.15) is 15.1 Å². The van der Waals surface area contributed by atoms with Crippen LogP contribution in [0.4, 0.5) is 0 Å². The number of amides is 1. The third-order valence-corrected chi connectivity index (χ3v) is 4.76. The summed E-state index contributed by atoms with van der Waals surface area (Å²) in [6.45, 7) is 1.80. The van der Waals surface area contributed by atoms with Crippen molar-refractivity contribution in [1.29, 1.82) is 5.41 Å². The molecule has 8 heteroatoms. The van der Waals surface area contributed by atoms with Gasteiger partial charge in [-0.05, 0) is 49.0 Å². The number of hydrazone groups is 1. The first-order valence-corrected chi connectivity index (χ1v) is 8.54. The number of benzene rings is 1. The van der Waals surface area contributed by atoms with E-state index < -0.39 is 5.91 Å². The molecular weight excluding hydrogens is 360 g/mol. The summed E-state index contributed by atoms with van der Waals surface area (Å²) in [5, 5.41) is 15.5. The Kier molecular flexibility index (Phi) is 3.82. The number of halogens is 1. The van der Waals surface area contributed by atoms with Crippen molar-refractivity contribution in [1.82, 2.24) is 5.01 Å². The number of hydrogen-bond acceptors (Lipinski definition) is 5. The van der Waals surface area contributed by atoms with Crippen LogP contribution in [0.2, 0.25) is 5.02 Å². The molecule has 0 saturated carbocycles. The fourth-order valence-corrected chi connectivity index (χ4v) is 3.43. The molecule has 0 radical (unpaired) electrons. The fraction of sp³-hybridized carbons (Fsp3) is 0.0588. The molecule has 0 saturated heterocycles. The zero-order valence-corrected chi connectivity index (χ0v) is 14.6. The van der Waals surface area contributed by atoms with Crippen LogP contribution in [0.15, 0.2) is 56.5 Å². The molecule has 0 aliphatic carbocycles. The first-order valence-electron chi connectivity index (χ1n) is 7.34. The lowest BCUT2D eigenvalue weighted by Crippen LogP contribution is -2.35. The molecule has 0 bridgehead atoms. The van der Waals surface area contributed by atoms with Crippen molar-refractivity contribution in [3.8, 4) is 11.3 Å². The van der Waals surface area contributed by atoms with Crippen molar-refractivity contribution in [2.24, 2.45) is 10.1 Å². The zero-order valence-electron chi connectivity index (χ0n) is 13.0. The van der Waals surface area contributed by atoms with E-state index in [1.807, 2.05) is 18.2 Å². The van der Waals surface area contributed by atoms with E-state index in [9.17, 15) is 4.79 Å². The predicted octanol–water partition coefficient (Wildman–Crippen LogP) is 4.24. The van der Waals surface area contributed by atoms with E-state index in [4.69, 9.17) is 21.4 Å². The van der Waals surface area contributed by atoms with Crippen molar-refractivity contribution >= 4 is 51.4 Å². The molecule has 1 amide bonds. The molecule has 2 aliphatic rings. The van der Waals surface area contributed by atoms with Gasteiger partial charge in [-0.15, -0.1) is 0 Å². The second-order valence-corrected chi connectivity index (χ2v) is 6.89. The maximum Gasteiger partial charge on any atom is 0.283 e. The average Bonchev–Trinajstić information content (AvgIpc) is 3.18. The van der Waals surface area contributed by atoms with Gasteiger partial charge in [0.05, 0.1) is 15.6 Å². The molecular formula is C17H11ClN4O2S. The highest BCUT2D eigenvalue weighted by molar-refractivity contribution is 8.26. The van der Waals surface area contributed by atoms with E-state index in [0.29, 0.717) is 21.7 Å². The highest BCUT2D eigenvalue weighted by Gasteiger charge is 2.34. The Morgan fingerprint density at radius 3 is 2.88 bits per heavy atom. The fourth-order valence-electron chi connectivity index (χ4n) is 2.47. The number of aliphatic imine (C=N–C) groups is 1. The minimum absolute atomic E-state index is 0.0185. The van der Waals surface area contributed by atoms with Crippen molar-refractivity contribution in [2.75, 3.05) is 0 Å². The molecule has 6 nitrogen and oxygen atoms in total. The summed E-state index contributed by atoms with van der Waals surface area (Å²) in [7, 11) is 0. The minimum atomic E-state index is -0.482. The van der Waals surface area contributed by atoms with Crippen LogP contribution in [-0.2, 0) is 4.79 Å². The van der Waals surface area contributed by atoms with E-state index in [1.165, 1.54) is 22.8 Å². The monoisotopic (exact) mass is 370 g/mol. The van der Waals surface area contributed by atoms with Gasteiger partial charge < -0.3 is 4.42 Å². The number of furan rings is 1. The topological polar surface area (TPSA) is 82.0 Å². The van der Waals surface area contributed by atoms with Gasteiger partial charge in [0.2, 0.25) is 5.17 Å². The van der Waals surface area contributed by atoms with Gasteiger partial charge in [-0.25, -0.2) is 0 Å². The summed E-state index contributed by atoms with van der Waals surface area (Å²) >= 11 is 7.44. The maximum atomic E-state index is 12.2. The van der Waals surface area contributed by atoms with Gasteiger partial charge in [0.1, 0.15) is 11.5 Å². The molecule has 0 spiro atoms. The van der Waals surface area contributed by atoms with Crippen LogP contribution in [0.5, 0.6) is 0 Å². The molecule has 2 aromatic rings. The molecule has 0 unspecified atom stereocenters. The van der Waals surface area contributed by atoms with Gasteiger partial charge in [0.25, 0.3) is 5.91 Å². The lowest BCUT2D eigenvalue weighted by Gasteiger charge is -2.19. The Bertz CT molecular complexity index is 1010. The third kappa shape index (κ3) is 2.81. The molecule has 25 heavy (non-hydrogen) atoms. The summed E-state index contributed by atoms with van der Waals surface area (Å²) in [6, 6.07) is 10.8. The quantitative estimate of drug-likeness (QED) is 0.801. The average molecular weight is 371 g/mol. The smallest absolute Gasteiger partial charge is 0.283 e. The number of amidine groups is 2. The van der Waals surface area contributed by atoms with Crippen LogP contribution >= 0.6 is 23.4 Å². The van der Waals surface area contributed by atoms with Crippen molar-refractivity contribution in [3.63, 3.8) is 0 Å². The summed E-state index contributed by atoms with van der Waals surface area (Å²) < 4.78 is 5.76. The van der Waals surface area contributed by atoms with E-state index >= 15 is 0 Å². The molecule has 1 N–H and O–H groups in total. The lowest BCUT2D eigenvalue weighted by atomic mass is 10.1. The number of nitrogens with one attached hydrogen (secondary N) is 1. The number of carbonyl (C=O) groups is 1. The predicted molar refractivity (Wildman–Crippen MR) is 99.8 cm³/mol. The summed E-state index contributed by atoms with van der Waals surface area (Å²) in [5.41, 5.74) is 0.887. The summed E-state index contributed by atoms with van der Waals surface area (Å²) in [6.07, 6.45) is 1.50. The van der Waals surface area contributed by atoms with Crippen molar-refractivity contribution in [2.45, 2.75) is 6.92 Å². The second kappa shape index (κ2) is 6.02. The molecule has 0 atom stereocenters. The molecule has 2 aliphatic heterocycles. The van der Waals surface area contributed by atoms with E-state index in [-0.39, 0.29) is 11.4 Å². The Balaban J connectivity index is 1.69. The highest BCUT2D eigenvalue weighted by Crippen LogP contribution is 2.31. The van der Waals surface area contributed by atoms with E-state index in [2.05, 4.69) is 10.1 Å². The largest absolute Gasteiger partial charge is 0.457 e. The number of rotatable bonds is 2. The summed E-state index contributed by atoms with van der Waals surface area (Å²) in [5.74, 6) is 0.524. The molecule has 1 aromatic heterocycles. The van der Waals surface area contributed by atoms with Gasteiger partial charge in [-0.3, -0.25) is 10.2 Å². The Hall–Kier alpha value is -2.64. The molecule has 3 heterocycles. The van der Waals surface area contributed by atoms with Gasteiger partial charge in [0.15, 0.2) is 5.84 Å². The number of thioether (sulfide) groups is 1.